The number of aromatic amines is 1. The Labute approximate surface area is 126 Å². The number of carbonyl (C=O) groups is 1. The standard InChI is InChI=1S/C13H24N4O3S/c1-8(2)6-17(7-9(3)4)13(18)11-12(21(14,19)20)10(5)15-16-11/h8-9H,6-7H2,1-5H3,(H,15,16)(H2,14,19,20). The first-order valence-electron chi connectivity index (χ1n) is 6.91. The Morgan fingerprint density at radius 2 is 1.71 bits per heavy atom. The largest absolute Gasteiger partial charge is 0.337 e. The molecule has 0 aliphatic rings. The fourth-order valence-corrected chi connectivity index (χ4v) is 3.06. The van der Waals surface area contributed by atoms with Crippen LogP contribution in [-0.4, -0.2) is 42.5 Å². The van der Waals surface area contributed by atoms with Crippen LogP contribution < -0.4 is 5.14 Å². The molecule has 1 amide bonds. The molecule has 120 valence electrons. The van der Waals surface area contributed by atoms with Crippen molar-refractivity contribution in [2.75, 3.05) is 13.1 Å². The van der Waals surface area contributed by atoms with Crippen LogP contribution in [0.5, 0.6) is 0 Å². The van der Waals surface area contributed by atoms with Gasteiger partial charge in [-0.05, 0) is 18.8 Å². The molecular weight excluding hydrogens is 292 g/mol. The van der Waals surface area contributed by atoms with Gasteiger partial charge in [0, 0.05) is 13.1 Å². The van der Waals surface area contributed by atoms with Crippen LogP contribution >= 0.6 is 0 Å². The van der Waals surface area contributed by atoms with Crippen molar-refractivity contribution in [2.45, 2.75) is 39.5 Å². The number of amides is 1. The summed E-state index contributed by atoms with van der Waals surface area (Å²) in [5, 5.41) is 11.6. The fraction of sp³-hybridized carbons (Fsp3) is 0.692. The normalized spacial score (nSPS) is 12.2. The smallest absolute Gasteiger partial charge is 0.275 e. The maximum Gasteiger partial charge on any atom is 0.275 e. The molecule has 8 heteroatoms. The van der Waals surface area contributed by atoms with E-state index < -0.39 is 15.9 Å². The Balaban J connectivity index is 3.21. The molecule has 0 aromatic carbocycles. The van der Waals surface area contributed by atoms with E-state index in [1.54, 1.807) is 4.90 Å². The number of aromatic nitrogens is 2. The first-order valence-corrected chi connectivity index (χ1v) is 8.45. The van der Waals surface area contributed by atoms with Gasteiger partial charge in [0.15, 0.2) is 5.69 Å². The van der Waals surface area contributed by atoms with Crippen molar-refractivity contribution in [3.8, 4) is 0 Å². The molecule has 1 heterocycles. The summed E-state index contributed by atoms with van der Waals surface area (Å²) < 4.78 is 23.3. The summed E-state index contributed by atoms with van der Waals surface area (Å²) in [6, 6.07) is 0. The van der Waals surface area contributed by atoms with Crippen molar-refractivity contribution >= 4 is 15.9 Å². The molecule has 1 aromatic heterocycles. The lowest BCUT2D eigenvalue weighted by Crippen LogP contribution is -2.38. The Morgan fingerprint density at radius 1 is 1.24 bits per heavy atom. The summed E-state index contributed by atoms with van der Waals surface area (Å²) in [4.78, 5) is 14.0. The molecule has 0 saturated carbocycles. The fourth-order valence-electron chi connectivity index (χ4n) is 2.18. The minimum atomic E-state index is -4.00. The first kappa shape index (κ1) is 17.6. The molecule has 3 N–H and O–H groups in total. The van der Waals surface area contributed by atoms with Crippen molar-refractivity contribution in [3.63, 3.8) is 0 Å². The summed E-state index contributed by atoms with van der Waals surface area (Å²) in [7, 11) is -4.00. The molecule has 0 unspecified atom stereocenters. The van der Waals surface area contributed by atoms with Crippen LogP contribution in [0.3, 0.4) is 0 Å². The third-order valence-corrected chi connectivity index (χ3v) is 3.91. The number of rotatable bonds is 6. The zero-order chi connectivity index (χ0) is 16.4. The molecule has 0 bridgehead atoms. The average Bonchev–Trinajstić information content (AvgIpc) is 2.67. The number of nitrogens with two attached hydrogens (primary N) is 1. The van der Waals surface area contributed by atoms with Gasteiger partial charge < -0.3 is 4.90 Å². The molecule has 0 atom stereocenters. The van der Waals surface area contributed by atoms with Gasteiger partial charge in [-0.3, -0.25) is 9.89 Å². The maximum atomic E-state index is 12.6. The minimum absolute atomic E-state index is 0.128. The second-order valence-corrected chi connectivity index (χ2v) is 7.57. The summed E-state index contributed by atoms with van der Waals surface area (Å²) in [6.45, 7) is 10.6. The predicted molar refractivity (Wildman–Crippen MR) is 80.3 cm³/mol. The summed E-state index contributed by atoms with van der Waals surface area (Å²) in [5.74, 6) is 0.127. The highest BCUT2D eigenvalue weighted by molar-refractivity contribution is 7.89. The number of hydrogen-bond acceptors (Lipinski definition) is 4. The number of nitrogens with one attached hydrogen (secondary N) is 1. The SMILES string of the molecule is Cc1[nH]nc(C(=O)N(CC(C)C)CC(C)C)c1S(N)(=O)=O. The predicted octanol–water partition coefficient (Wildman–Crippen LogP) is 1.12. The highest BCUT2D eigenvalue weighted by atomic mass is 32.2. The Bertz CT molecular complexity index is 595. The molecule has 0 spiro atoms. The van der Waals surface area contributed by atoms with Crippen molar-refractivity contribution in [1.82, 2.24) is 15.1 Å². The van der Waals surface area contributed by atoms with Gasteiger partial charge in [-0.15, -0.1) is 0 Å². The summed E-state index contributed by atoms with van der Waals surface area (Å²) in [5.41, 5.74) is 0.145. The molecular formula is C13H24N4O3S. The molecule has 0 aliphatic heterocycles. The van der Waals surface area contributed by atoms with Crippen molar-refractivity contribution in [2.24, 2.45) is 17.0 Å². The molecule has 0 fully saturated rings. The van der Waals surface area contributed by atoms with Crippen LogP contribution in [0, 0.1) is 18.8 Å². The zero-order valence-electron chi connectivity index (χ0n) is 13.2. The van der Waals surface area contributed by atoms with E-state index >= 15 is 0 Å². The average molecular weight is 316 g/mol. The number of aryl methyl sites for hydroxylation is 1. The quantitative estimate of drug-likeness (QED) is 0.819. The van der Waals surface area contributed by atoms with Gasteiger partial charge >= 0.3 is 0 Å². The second kappa shape index (κ2) is 6.57. The van der Waals surface area contributed by atoms with Crippen molar-refractivity contribution in [1.29, 1.82) is 0 Å². The van der Waals surface area contributed by atoms with Gasteiger partial charge in [0.1, 0.15) is 4.90 Å². The highest BCUT2D eigenvalue weighted by Crippen LogP contribution is 2.19. The number of hydrogen-bond donors (Lipinski definition) is 2. The summed E-state index contributed by atoms with van der Waals surface area (Å²) >= 11 is 0. The Kier molecular flexibility index (Phi) is 5.52. The molecule has 21 heavy (non-hydrogen) atoms. The number of carbonyl (C=O) groups excluding carboxylic acids is 1. The van der Waals surface area contributed by atoms with Crippen LogP contribution in [0.15, 0.2) is 4.90 Å². The molecule has 0 saturated heterocycles. The minimum Gasteiger partial charge on any atom is -0.337 e. The monoisotopic (exact) mass is 316 g/mol. The highest BCUT2D eigenvalue weighted by Gasteiger charge is 2.29. The summed E-state index contributed by atoms with van der Waals surface area (Å²) in [6.07, 6.45) is 0. The van der Waals surface area contributed by atoms with E-state index in [2.05, 4.69) is 10.2 Å². The van der Waals surface area contributed by atoms with Gasteiger partial charge in [-0.1, -0.05) is 27.7 Å². The van der Waals surface area contributed by atoms with E-state index in [9.17, 15) is 13.2 Å². The van der Waals surface area contributed by atoms with Crippen LogP contribution in [-0.2, 0) is 10.0 Å². The van der Waals surface area contributed by atoms with E-state index in [4.69, 9.17) is 5.14 Å². The third kappa shape index (κ3) is 4.53. The van der Waals surface area contributed by atoms with Gasteiger partial charge in [-0.25, -0.2) is 13.6 Å². The molecule has 1 aromatic rings. The van der Waals surface area contributed by atoms with E-state index in [-0.39, 0.29) is 28.1 Å². The molecule has 0 aliphatic carbocycles. The van der Waals surface area contributed by atoms with Crippen molar-refractivity contribution < 1.29 is 13.2 Å². The lowest BCUT2D eigenvalue weighted by Gasteiger charge is -2.25. The number of H-pyrrole nitrogens is 1. The lowest BCUT2D eigenvalue weighted by molar-refractivity contribution is 0.0705. The third-order valence-electron chi connectivity index (χ3n) is 2.84. The zero-order valence-corrected chi connectivity index (χ0v) is 14.0. The lowest BCUT2D eigenvalue weighted by atomic mass is 10.1. The number of sulfonamides is 1. The van der Waals surface area contributed by atoms with Gasteiger partial charge in [0.05, 0.1) is 5.69 Å². The number of primary sulfonamides is 1. The van der Waals surface area contributed by atoms with E-state index in [1.165, 1.54) is 6.92 Å². The molecule has 0 radical (unpaired) electrons. The molecule has 7 nitrogen and oxygen atoms in total. The van der Waals surface area contributed by atoms with Crippen LogP contribution in [0.4, 0.5) is 0 Å². The van der Waals surface area contributed by atoms with Gasteiger partial charge in [-0.2, -0.15) is 5.10 Å². The Morgan fingerprint density at radius 3 is 2.10 bits per heavy atom. The van der Waals surface area contributed by atoms with Crippen LogP contribution in [0.2, 0.25) is 0 Å². The van der Waals surface area contributed by atoms with Gasteiger partial charge in [0.2, 0.25) is 10.0 Å². The first-order chi connectivity index (χ1) is 9.54. The van der Waals surface area contributed by atoms with Crippen molar-refractivity contribution in [3.05, 3.63) is 11.4 Å². The Hall–Kier alpha value is -1.41. The van der Waals surface area contributed by atoms with E-state index in [1.807, 2.05) is 27.7 Å². The van der Waals surface area contributed by atoms with E-state index in [0.717, 1.165) is 0 Å². The maximum absolute atomic E-state index is 12.6. The number of nitrogens with zero attached hydrogens (tertiary/aromatic N) is 2. The second-order valence-electron chi connectivity index (χ2n) is 6.07. The van der Waals surface area contributed by atoms with Crippen LogP contribution in [0.1, 0.15) is 43.9 Å². The van der Waals surface area contributed by atoms with Gasteiger partial charge in [0.25, 0.3) is 5.91 Å². The topological polar surface area (TPSA) is 109 Å². The van der Waals surface area contributed by atoms with Crippen LogP contribution in [0.25, 0.3) is 0 Å². The molecule has 1 rings (SSSR count). The van der Waals surface area contributed by atoms with E-state index in [0.29, 0.717) is 13.1 Å².